The Kier molecular flexibility index (Phi) is 6.18. The van der Waals surface area contributed by atoms with Crippen LogP contribution in [0.25, 0.3) is 22.3 Å². The number of carbonyl (C=O) groups is 1. The van der Waals surface area contributed by atoms with Crippen molar-refractivity contribution in [2.24, 2.45) is 0 Å². The van der Waals surface area contributed by atoms with Crippen molar-refractivity contribution in [1.29, 1.82) is 0 Å². The summed E-state index contributed by atoms with van der Waals surface area (Å²) >= 11 is 0. The first kappa shape index (κ1) is 23.1. The van der Waals surface area contributed by atoms with Crippen LogP contribution in [0.15, 0.2) is 30.3 Å². The van der Waals surface area contributed by atoms with E-state index in [-0.39, 0.29) is 11.8 Å². The van der Waals surface area contributed by atoms with Crippen molar-refractivity contribution in [3.63, 3.8) is 0 Å². The number of ketones is 1. The standard InChI is InChI=1S/C27H31N5O4/c1-17-16-35-14-10-32(17)26-20-4-5-22(18-3-6-24-21(15-18)23(33)9-13-36-24)28-25(20)29-27(30-26)31(2)19-7-11-34-12-8-19/h3-6,15,17,19H,7-14,16H2,1-2H3. The number of Topliss-reactive ketones (excluding diaryl/α,β-unsaturated/α-hetero) is 1. The number of anilines is 2. The molecule has 6 rings (SSSR count). The summed E-state index contributed by atoms with van der Waals surface area (Å²) in [6.45, 7) is 6.18. The third kappa shape index (κ3) is 4.26. The number of hydrogen-bond donors (Lipinski definition) is 0. The largest absolute Gasteiger partial charge is 0.492 e. The van der Waals surface area contributed by atoms with E-state index >= 15 is 0 Å². The molecule has 188 valence electrons. The average Bonchev–Trinajstić information content (AvgIpc) is 2.92. The maximum absolute atomic E-state index is 12.5. The monoisotopic (exact) mass is 489 g/mol. The Morgan fingerprint density at radius 3 is 2.69 bits per heavy atom. The van der Waals surface area contributed by atoms with Gasteiger partial charge in [0.15, 0.2) is 11.4 Å². The molecule has 0 aliphatic carbocycles. The maximum atomic E-state index is 12.5. The number of hydrogen-bond acceptors (Lipinski definition) is 9. The van der Waals surface area contributed by atoms with E-state index in [1.807, 2.05) is 30.3 Å². The van der Waals surface area contributed by atoms with Crippen molar-refractivity contribution in [2.45, 2.75) is 38.3 Å². The third-order valence-corrected chi connectivity index (χ3v) is 7.38. The highest BCUT2D eigenvalue weighted by atomic mass is 16.5. The van der Waals surface area contributed by atoms with E-state index in [0.29, 0.717) is 55.2 Å². The van der Waals surface area contributed by atoms with Crippen LogP contribution in [0, 0.1) is 0 Å². The summed E-state index contributed by atoms with van der Waals surface area (Å²) in [7, 11) is 2.06. The lowest BCUT2D eigenvalue weighted by Crippen LogP contribution is -2.44. The van der Waals surface area contributed by atoms with Gasteiger partial charge in [-0.05, 0) is 50.1 Å². The third-order valence-electron chi connectivity index (χ3n) is 7.38. The summed E-state index contributed by atoms with van der Waals surface area (Å²) in [5, 5.41) is 0.911. The van der Waals surface area contributed by atoms with E-state index in [1.54, 1.807) is 0 Å². The Balaban J connectivity index is 1.45. The molecular weight excluding hydrogens is 458 g/mol. The van der Waals surface area contributed by atoms with Gasteiger partial charge >= 0.3 is 0 Å². The van der Waals surface area contributed by atoms with Crippen LogP contribution in [0.1, 0.15) is 36.5 Å². The molecule has 2 fully saturated rings. The highest BCUT2D eigenvalue weighted by molar-refractivity contribution is 6.00. The highest BCUT2D eigenvalue weighted by Gasteiger charge is 2.27. The van der Waals surface area contributed by atoms with Crippen molar-refractivity contribution in [1.82, 2.24) is 15.0 Å². The Morgan fingerprint density at radius 1 is 1.00 bits per heavy atom. The maximum Gasteiger partial charge on any atom is 0.229 e. The number of carbonyl (C=O) groups excluding carboxylic acids is 1. The molecule has 0 amide bonds. The van der Waals surface area contributed by atoms with Crippen LogP contribution in [0.2, 0.25) is 0 Å². The van der Waals surface area contributed by atoms with E-state index in [9.17, 15) is 4.79 Å². The molecule has 3 aromatic rings. The van der Waals surface area contributed by atoms with E-state index in [0.717, 1.165) is 55.1 Å². The normalized spacial score (nSPS) is 20.8. The van der Waals surface area contributed by atoms with Gasteiger partial charge in [0.25, 0.3) is 0 Å². The molecule has 1 atom stereocenters. The van der Waals surface area contributed by atoms with Crippen molar-refractivity contribution < 1.29 is 19.0 Å². The minimum absolute atomic E-state index is 0.102. The molecule has 0 radical (unpaired) electrons. The fourth-order valence-electron chi connectivity index (χ4n) is 5.22. The minimum atomic E-state index is 0.102. The molecule has 2 saturated heterocycles. The van der Waals surface area contributed by atoms with E-state index in [4.69, 9.17) is 29.2 Å². The summed E-state index contributed by atoms with van der Waals surface area (Å²) < 4.78 is 16.9. The van der Waals surface area contributed by atoms with Crippen LogP contribution in [0.5, 0.6) is 5.75 Å². The molecule has 9 heteroatoms. The van der Waals surface area contributed by atoms with Crippen LogP contribution in [-0.2, 0) is 9.47 Å². The Morgan fingerprint density at radius 2 is 1.86 bits per heavy atom. The molecule has 1 unspecified atom stereocenters. The molecular formula is C27H31N5O4. The van der Waals surface area contributed by atoms with Crippen LogP contribution in [0.4, 0.5) is 11.8 Å². The molecule has 0 bridgehead atoms. The highest BCUT2D eigenvalue weighted by Crippen LogP contribution is 2.33. The predicted molar refractivity (Wildman–Crippen MR) is 137 cm³/mol. The smallest absolute Gasteiger partial charge is 0.229 e. The average molecular weight is 490 g/mol. The number of fused-ring (bicyclic) bond motifs is 2. The zero-order chi connectivity index (χ0) is 24.6. The zero-order valence-corrected chi connectivity index (χ0v) is 20.8. The molecule has 3 aliphatic rings. The van der Waals surface area contributed by atoms with Gasteiger partial charge in [0.2, 0.25) is 5.95 Å². The van der Waals surface area contributed by atoms with Gasteiger partial charge in [0.1, 0.15) is 11.6 Å². The molecule has 0 saturated carbocycles. The quantitative estimate of drug-likeness (QED) is 0.546. The second kappa shape index (κ2) is 9.63. The van der Waals surface area contributed by atoms with Crippen LogP contribution in [-0.4, -0.2) is 79.4 Å². The van der Waals surface area contributed by atoms with E-state index in [2.05, 4.69) is 23.8 Å². The van der Waals surface area contributed by atoms with Gasteiger partial charge in [-0.1, -0.05) is 0 Å². The van der Waals surface area contributed by atoms with Gasteiger partial charge in [-0.3, -0.25) is 4.79 Å². The van der Waals surface area contributed by atoms with Crippen LogP contribution in [0.3, 0.4) is 0 Å². The van der Waals surface area contributed by atoms with Crippen molar-refractivity contribution in [3.05, 3.63) is 35.9 Å². The molecule has 36 heavy (non-hydrogen) atoms. The summed E-state index contributed by atoms with van der Waals surface area (Å²) in [5.41, 5.74) is 2.90. The number of morpholine rings is 1. The van der Waals surface area contributed by atoms with Crippen LogP contribution >= 0.6 is 0 Å². The Hall–Kier alpha value is -3.30. The minimum Gasteiger partial charge on any atom is -0.492 e. The Labute approximate surface area is 210 Å². The fraction of sp³-hybridized carbons (Fsp3) is 0.481. The first-order valence-electron chi connectivity index (χ1n) is 12.7. The predicted octanol–water partition coefficient (Wildman–Crippen LogP) is 3.50. The van der Waals surface area contributed by atoms with Gasteiger partial charge in [0.05, 0.1) is 42.5 Å². The first-order chi connectivity index (χ1) is 17.6. The number of benzene rings is 1. The molecule has 1 aromatic carbocycles. The van der Waals surface area contributed by atoms with Gasteiger partial charge in [-0.15, -0.1) is 0 Å². The lowest BCUT2D eigenvalue weighted by atomic mass is 10.0. The molecule has 3 aliphatic heterocycles. The SMILES string of the molecule is CC1COCCN1c1nc(N(C)C2CCOCC2)nc2nc(-c3ccc4c(c3)C(=O)CCO4)ccc12. The summed E-state index contributed by atoms with van der Waals surface area (Å²) in [6.07, 6.45) is 2.29. The first-order valence-corrected chi connectivity index (χ1v) is 12.7. The van der Waals surface area contributed by atoms with Gasteiger partial charge < -0.3 is 24.0 Å². The molecule has 5 heterocycles. The van der Waals surface area contributed by atoms with Crippen molar-refractivity contribution >= 4 is 28.6 Å². The van der Waals surface area contributed by atoms with E-state index in [1.165, 1.54) is 0 Å². The lowest BCUT2D eigenvalue weighted by molar-refractivity contribution is 0.0852. The Bertz CT molecular complexity index is 1290. The van der Waals surface area contributed by atoms with Crippen molar-refractivity contribution in [2.75, 3.05) is 56.4 Å². The van der Waals surface area contributed by atoms with Crippen LogP contribution < -0.4 is 14.5 Å². The second-order valence-corrected chi connectivity index (χ2v) is 9.72. The van der Waals surface area contributed by atoms with E-state index < -0.39 is 0 Å². The molecule has 2 aromatic heterocycles. The summed E-state index contributed by atoms with van der Waals surface area (Å²) in [6, 6.07) is 10.2. The summed E-state index contributed by atoms with van der Waals surface area (Å²) in [4.78, 5) is 31.9. The number of aromatic nitrogens is 3. The zero-order valence-electron chi connectivity index (χ0n) is 20.8. The van der Waals surface area contributed by atoms with Crippen molar-refractivity contribution in [3.8, 4) is 17.0 Å². The lowest BCUT2D eigenvalue weighted by Gasteiger charge is -2.36. The molecule has 0 N–H and O–H groups in total. The van der Waals surface area contributed by atoms with Gasteiger partial charge in [-0.2, -0.15) is 9.97 Å². The van der Waals surface area contributed by atoms with Gasteiger partial charge in [0, 0.05) is 44.8 Å². The number of nitrogens with zero attached hydrogens (tertiary/aromatic N) is 5. The number of pyridine rings is 1. The fourth-order valence-corrected chi connectivity index (χ4v) is 5.22. The van der Waals surface area contributed by atoms with Gasteiger partial charge in [-0.25, -0.2) is 4.98 Å². The second-order valence-electron chi connectivity index (χ2n) is 9.72. The number of rotatable bonds is 4. The topological polar surface area (TPSA) is 89.9 Å². The summed E-state index contributed by atoms with van der Waals surface area (Å²) in [5.74, 6) is 2.30. The molecule has 0 spiro atoms. The molecule has 9 nitrogen and oxygen atoms in total. The number of ether oxygens (including phenoxy) is 3.